The van der Waals surface area contributed by atoms with Gasteiger partial charge in [0.05, 0.1) is 39.7 Å². The number of hydrogen-bond acceptors (Lipinski definition) is 5. The number of ether oxygens (including phenoxy) is 2. The van der Waals surface area contributed by atoms with E-state index in [1.807, 2.05) is 0 Å². The summed E-state index contributed by atoms with van der Waals surface area (Å²) >= 11 is 0. The van der Waals surface area contributed by atoms with Crippen molar-refractivity contribution in [2.75, 3.05) is 40.5 Å². The third-order valence-corrected chi connectivity index (χ3v) is 4.05. The van der Waals surface area contributed by atoms with Gasteiger partial charge in [0.25, 0.3) is 0 Å². The van der Waals surface area contributed by atoms with Crippen LogP contribution in [0.2, 0.25) is 0 Å². The molecule has 1 aromatic carbocycles. The van der Waals surface area contributed by atoms with E-state index in [1.165, 1.54) is 31.2 Å². The van der Waals surface area contributed by atoms with E-state index in [0.717, 1.165) is 0 Å². The number of aliphatic hydroxyl groups is 1. The molecule has 138 valence electrons. The van der Waals surface area contributed by atoms with E-state index in [0.29, 0.717) is 12.1 Å². The predicted molar refractivity (Wildman–Crippen MR) is 87.7 cm³/mol. The molecule has 0 saturated carbocycles. The third-order valence-electron chi connectivity index (χ3n) is 4.05. The molecule has 7 nitrogen and oxygen atoms in total. The van der Waals surface area contributed by atoms with Crippen molar-refractivity contribution < 1.29 is 28.6 Å². The summed E-state index contributed by atoms with van der Waals surface area (Å²) in [7, 11) is 2.85. The maximum atomic E-state index is 13.8. The number of β-amino-alcohol motifs (C(OH)–C–C–N with tert-alkyl or cyclic N) is 1. The van der Waals surface area contributed by atoms with E-state index < -0.39 is 11.4 Å². The first kappa shape index (κ1) is 19.1. The van der Waals surface area contributed by atoms with Gasteiger partial charge in [0.15, 0.2) is 11.6 Å². The lowest BCUT2D eigenvalue weighted by molar-refractivity contribution is -0.137. The Balaban J connectivity index is 2.06. The second-order valence-electron chi connectivity index (χ2n) is 6.09. The quantitative estimate of drug-likeness (QED) is 0.783. The molecule has 1 aliphatic heterocycles. The normalized spacial score (nSPS) is 20.7. The van der Waals surface area contributed by atoms with Gasteiger partial charge < -0.3 is 24.8 Å². The standard InChI is InChI=1S/C17H23FN2O5/c1-19-15(21)9-17(23)10-20(5-6-25-11-17)16(22)8-12-3-4-14(24-2)13(18)7-12/h3-4,7,23H,5-6,8-11H2,1-2H3,(H,19,21)/t17-/m1/s1. The first-order chi connectivity index (χ1) is 11.9. The van der Waals surface area contributed by atoms with Crippen molar-refractivity contribution in [3.63, 3.8) is 0 Å². The van der Waals surface area contributed by atoms with Crippen molar-refractivity contribution in [2.24, 2.45) is 0 Å². The van der Waals surface area contributed by atoms with Crippen LogP contribution in [0.15, 0.2) is 18.2 Å². The van der Waals surface area contributed by atoms with E-state index >= 15 is 0 Å². The predicted octanol–water partition coefficient (Wildman–Crippen LogP) is 0.103. The number of hydrogen-bond donors (Lipinski definition) is 2. The molecule has 0 aliphatic carbocycles. The molecular formula is C17H23FN2O5. The topological polar surface area (TPSA) is 88.1 Å². The summed E-state index contributed by atoms with van der Waals surface area (Å²) in [5.41, 5.74) is -0.944. The molecular weight excluding hydrogens is 331 g/mol. The van der Waals surface area contributed by atoms with E-state index in [4.69, 9.17) is 9.47 Å². The fourth-order valence-corrected chi connectivity index (χ4v) is 2.73. The molecule has 0 bridgehead atoms. The fourth-order valence-electron chi connectivity index (χ4n) is 2.73. The van der Waals surface area contributed by atoms with Gasteiger partial charge in [0.1, 0.15) is 5.60 Å². The Morgan fingerprint density at radius 2 is 2.24 bits per heavy atom. The van der Waals surface area contributed by atoms with Crippen molar-refractivity contribution in [1.82, 2.24) is 10.2 Å². The summed E-state index contributed by atoms with van der Waals surface area (Å²) in [5.74, 6) is -1.04. The number of carbonyl (C=O) groups is 2. The third kappa shape index (κ3) is 5.14. The van der Waals surface area contributed by atoms with Crippen molar-refractivity contribution in [3.8, 4) is 5.75 Å². The van der Waals surface area contributed by atoms with Gasteiger partial charge in [-0.15, -0.1) is 0 Å². The highest BCUT2D eigenvalue weighted by molar-refractivity contribution is 5.80. The monoisotopic (exact) mass is 354 g/mol. The molecule has 1 fully saturated rings. The molecule has 2 amide bonds. The molecule has 0 unspecified atom stereocenters. The highest BCUT2D eigenvalue weighted by Gasteiger charge is 2.36. The van der Waals surface area contributed by atoms with E-state index in [9.17, 15) is 19.1 Å². The molecule has 0 spiro atoms. The zero-order valence-electron chi connectivity index (χ0n) is 14.4. The number of nitrogens with one attached hydrogen (secondary N) is 1. The van der Waals surface area contributed by atoms with Gasteiger partial charge in [-0.25, -0.2) is 4.39 Å². The molecule has 8 heteroatoms. The van der Waals surface area contributed by atoms with Crippen LogP contribution in [0.25, 0.3) is 0 Å². The number of amides is 2. The number of carbonyl (C=O) groups excluding carboxylic acids is 2. The first-order valence-corrected chi connectivity index (χ1v) is 7.98. The number of benzene rings is 1. The zero-order chi connectivity index (χ0) is 18.4. The molecule has 2 N–H and O–H groups in total. The largest absolute Gasteiger partial charge is 0.494 e. The SMILES string of the molecule is CNC(=O)C[C@]1(O)COCCN(C(=O)Cc2ccc(OC)c(F)c2)C1. The van der Waals surface area contributed by atoms with E-state index in [2.05, 4.69) is 5.32 Å². The summed E-state index contributed by atoms with van der Waals surface area (Å²) in [4.78, 5) is 25.6. The summed E-state index contributed by atoms with van der Waals surface area (Å²) in [6.45, 7) is 0.519. The highest BCUT2D eigenvalue weighted by atomic mass is 19.1. The Morgan fingerprint density at radius 3 is 2.88 bits per heavy atom. The molecule has 1 saturated heterocycles. The van der Waals surface area contributed by atoms with Crippen LogP contribution in [0.1, 0.15) is 12.0 Å². The lowest BCUT2D eigenvalue weighted by Crippen LogP contribution is -2.49. The van der Waals surface area contributed by atoms with Crippen LogP contribution in [0, 0.1) is 5.82 Å². The molecule has 1 aromatic rings. The van der Waals surface area contributed by atoms with Crippen molar-refractivity contribution in [2.45, 2.75) is 18.4 Å². The van der Waals surface area contributed by atoms with Gasteiger partial charge in [-0.1, -0.05) is 6.07 Å². The fraction of sp³-hybridized carbons (Fsp3) is 0.529. The molecule has 2 rings (SSSR count). The average Bonchev–Trinajstić information content (AvgIpc) is 2.76. The number of nitrogens with zero attached hydrogens (tertiary/aromatic N) is 1. The van der Waals surface area contributed by atoms with Crippen molar-refractivity contribution in [3.05, 3.63) is 29.6 Å². The summed E-state index contributed by atoms with van der Waals surface area (Å²) < 4.78 is 23.9. The first-order valence-electron chi connectivity index (χ1n) is 7.98. The Labute approximate surface area is 145 Å². The highest BCUT2D eigenvalue weighted by Crippen LogP contribution is 2.20. The van der Waals surface area contributed by atoms with Crippen LogP contribution in [-0.2, 0) is 20.7 Å². The maximum Gasteiger partial charge on any atom is 0.227 e. The Kier molecular flexibility index (Phi) is 6.33. The lowest BCUT2D eigenvalue weighted by atomic mass is 9.99. The minimum absolute atomic E-state index is 0.0160. The van der Waals surface area contributed by atoms with Gasteiger partial charge >= 0.3 is 0 Å². The van der Waals surface area contributed by atoms with Crippen LogP contribution >= 0.6 is 0 Å². The summed E-state index contributed by atoms with van der Waals surface area (Å²) in [6, 6.07) is 4.33. The van der Waals surface area contributed by atoms with Gasteiger partial charge in [0.2, 0.25) is 11.8 Å². The molecule has 0 radical (unpaired) electrons. The van der Waals surface area contributed by atoms with Gasteiger partial charge in [-0.05, 0) is 17.7 Å². The average molecular weight is 354 g/mol. The minimum atomic E-state index is -1.45. The van der Waals surface area contributed by atoms with E-state index in [1.54, 1.807) is 6.07 Å². The van der Waals surface area contributed by atoms with Crippen LogP contribution < -0.4 is 10.1 Å². The number of rotatable bonds is 5. The summed E-state index contributed by atoms with van der Waals surface area (Å²) in [5, 5.41) is 13.0. The smallest absolute Gasteiger partial charge is 0.227 e. The maximum absolute atomic E-state index is 13.8. The lowest BCUT2D eigenvalue weighted by Gasteiger charge is -2.30. The van der Waals surface area contributed by atoms with Gasteiger partial charge in [-0.2, -0.15) is 0 Å². The van der Waals surface area contributed by atoms with Crippen LogP contribution in [0.4, 0.5) is 4.39 Å². The van der Waals surface area contributed by atoms with Gasteiger partial charge in [0, 0.05) is 13.6 Å². The van der Waals surface area contributed by atoms with Crippen LogP contribution in [0.5, 0.6) is 5.75 Å². The molecule has 0 aromatic heterocycles. The Morgan fingerprint density at radius 1 is 1.48 bits per heavy atom. The second-order valence-corrected chi connectivity index (χ2v) is 6.09. The van der Waals surface area contributed by atoms with Crippen LogP contribution in [0.3, 0.4) is 0 Å². The number of halogens is 1. The Hall–Kier alpha value is -2.19. The van der Waals surface area contributed by atoms with Gasteiger partial charge in [-0.3, -0.25) is 9.59 Å². The molecule has 1 atom stereocenters. The minimum Gasteiger partial charge on any atom is -0.494 e. The molecule has 1 aliphatic rings. The summed E-state index contributed by atoms with van der Waals surface area (Å²) in [6.07, 6.45) is -0.179. The van der Waals surface area contributed by atoms with Crippen molar-refractivity contribution >= 4 is 11.8 Å². The second kappa shape index (κ2) is 8.26. The number of methoxy groups -OCH3 is 1. The van der Waals surface area contributed by atoms with Crippen LogP contribution in [-0.4, -0.2) is 67.9 Å². The zero-order valence-corrected chi connectivity index (χ0v) is 14.4. The Bertz CT molecular complexity index is 639. The molecule has 25 heavy (non-hydrogen) atoms. The van der Waals surface area contributed by atoms with Crippen molar-refractivity contribution in [1.29, 1.82) is 0 Å². The molecule has 1 heterocycles. The van der Waals surface area contributed by atoms with E-state index in [-0.39, 0.29) is 50.2 Å².